The number of hydrogen-bond donors (Lipinski definition) is 6. The van der Waals surface area contributed by atoms with Crippen LogP contribution in [0.2, 0.25) is 0 Å². The summed E-state index contributed by atoms with van der Waals surface area (Å²) in [4.78, 5) is 48.6. The Morgan fingerprint density at radius 3 is 1.34 bits per heavy atom. The number of hydrogen-bond acceptors (Lipinski definition) is 10. The molecule has 0 bridgehead atoms. The second-order valence-corrected chi connectivity index (χ2v) is 18.7. The molecule has 0 unspecified atom stereocenters. The van der Waals surface area contributed by atoms with E-state index >= 15 is 8.78 Å². The third kappa shape index (κ3) is 4.63. The van der Waals surface area contributed by atoms with Crippen LogP contribution >= 0.6 is 0 Å². The van der Waals surface area contributed by atoms with Crippen LogP contribution in [0.15, 0.2) is 71.9 Å². The number of carbonyl (C=O) groups excluding carboxylic acids is 4. The van der Waals surface area contributed by atoms with E-state index in [1.807, 2.05) is 0 Å². The molecule has 6 N–H and O–H groups in total. The zero-order valence-corrected chi connectivity index (χ0v) is 32.5. The average Bonchev–Trinajstić information content (AvgIpc) is 3.48. The molecule has 0 saturated heterocycles. The van der Waals surface area contributed by atoms with Gasteiger partial charge in [0.25, 0.3) is 0 Å². The van der Waals surface area contributed by atoms with E-state index in [0.717, 1.165) is 0 Å². The SMILES string of the molecule is C=C1C[C@H]2[C@@H]3CCC4=CC(=O)C=C[C@]4(C)[C@@]3(F)[C@@H](O)C[C@]2(C)[C@@]1(O)C(=O)CO.C=C1C[C@H]2[C@@H]3CCC4=CC(=O)C=C[C@]4(C)[C@@]3(F)[C@@H](O)C[C@]2(C)[C@@]1(O)C(=O)CO. The summed E-state index contributed by atoms with van der Waals surface area (Å²) < 4.78 is 33.7. The zero-order valence-electron chi connectivity index (χ0n) is 32.5. The number of fused-ring (bicyclic) bond motifs is 10. The van der Waals surface area contributed by atoms with Gasteiger partial charge >= 0.3 is 0 Å². The van der Waals surface area contributed by atoms with Gasteiger partial charge < -0.3 is 30.6 Å². The second-order valence-electron chi connectivity index (χ2n) is 18.7. The van der Waals surface area contributed by atoms with E-state index in [4.69, 9.17) is 0 Å². The predicted octanol–water partition coefficient (Wildman–Crippen LogP) is 3.63. The molecule has 56 heavy (non-hydrogen) atoms. The molecular formula is C44H54F2O10. The number of rotatable bonds is 4. The van der Waals surface area contributed by atoms with Gasteiger partial charge in [-0.15, -0.1) is 0 Å². The fourth-order valence-corrected chi connectivity index (χ4v) is 13.6. The minimum absolute atomic E-state index is 0.128. The molecule has 8 aliphatic rings. The lowest BCUT2D eigenvalue weighted by Gasteiger charge is -2.62. The molecule has 0 aromatic carbocycles. The number of carbonyl (C=O) groups is 4. The van der Waals surface area contributed by atoms with Gasteiger partial charge in [0.05, 0.1) is 12.2 Å². The Kier molecular flexibility index (Phi) is 9.22. The third-order valence-electron chi connectivity index (χ3n) is 16.8. The average molecular weight is 781 g/mol. The highest BCUT2D eigenvalue weighted by Gasteiger charge is 2.76. The maximum absolute atomic E-state index is 16.8. The van der Waals surface area contributed by atoms with E-state index < -0.39 is 105 Å². The smallest absolute Gasteiger partial charge is 0.194 e. The van der Waals surface area contributed by atoms with Gasteiger partial charge in [0.2, 0.25) is 0 Å². The van der Waals surface area contributed by atoms with Crippen molar-refractivity contribution in [2.24, 2.45) is 45.3 Å². The molecule has 304 valence electrons. The Morgan fingerprint density at radius 1 is 0.679 bits per heavy atom. The number of aliphatic hydroxyl groups is 6. The van der Waals surface area contributed by atoms with Gasteiger partial charge in [0.1, 0.15) is 13.2 Å². The number of ketones is 4. The number of alkyl halides is 2. The molecular weight excluding hydrogens is 726 g/mol. The van der Waals surface area contributed by atoms with E-state index in [1.165, 1.54) is 24.3 Å². The minimum atomic E-state index is -2.02. The van der Waals surface area contributed by atoms with E-state index in [0.29, 0.717) is 36.8 Å². The van der Waals surface area contributed by atoms with Crippen molar-refractivity contribution in [3.8, 4) is 0 Å². The van der Waals surface area contributed by atoms with Crippen molar-refractivity contribution >= 4 is 23.1 Å². The van der Waals surface area contributed by atoms with E-state index in [2.05, 4.69) is 13.2 Å². The molecule has 0 aliphatic heterocycles. The fourth-order valence-electron chi connectivity index (χ4n) is 13.6. The molecule has 0 heterocycles. The van der Waals surface area contributed by atoms with Crippen LogP contribution in [-0.2, 0) is 19.2 Å². The van der Waals surface area contributed by atoms with Crippen LogP contribution in [0.4, 0.5) is 8.78 Å². The number of Topliss-reactive ketones (excluding diaryl/α,β-unsaturated/α-hetero) is 2. The van der Waals surface area contributed by atoms with Crippen LogP contribution in [0.5, 0.6) is 0 Å². The van der Waals surface area contributed by atoms with Crippen LogP contribution in [0.3, 0.4) is 0 Å². The third-order valence-corrected chi connectivity index (χ3v) is 16.8. The van der Waals surface area contributed by atoms with Crippen molar-refractivity contribution < 1.29 is 58.6 Å². The van der Waals surface area contributed by atoms with Crippen LogP contribution in [0.25, 0.3) is 0 Å². The summed E-state index contributed by atoms with van der Waals surface area (Å²) in [6, 6.07) is 0. The summed E-state index contributed by atoms with van der Waals surface area (Å²) in [6.45, 7) is 12.9. The molecule has 14 atom stereocenters. The maximum Gasteiger partial charge on any atom is 0.194 e. The highest BCUT2D eigenvalue weighted by atomic mass is 19.1. The number of aliphatic hydroxyl groups excluding tert-OH is 4. The van der Waals surface area contributed by atoms with Gasteiger partial charge in [0, 0.05) is 33.5 Å². The van der Waals surface area contributed by atoms with Gasteiger partial charge in [-0.1, -0.05) is 50.3 Å². The van der Waals surface area contributed by atoms with Gasteiger partial charge in [-0.2, -0.15) is 0 Å². The number of allylic oxidation sites excluding steroid dienone is 8. The van der Waals surface area contributed by atoms with Crippen LogP contribution in [-0.4, -0.2) is 102 Å². The molecule has 10 nitrogen and oxygen atoms in total. The van der Waals surface area contributed by atoms with Crippen molar-refractivity contribution in [2.75, 3.05) is 13.2 Å². The van der Waals surface area contributed by atoms with Gasteiger partial charge in [0.15, 0.2) is 45.7 Å². The molecule has 0 amide bonds. The summed E-state index contributed by atoms with van der Waals surface area (Å²) in [6.07, 6.45) is 8.03. The van der Waals surface area contributed by atoms with Crippen LogP contribution in [0.1, 0.15) is 79.1 Å². The Hall–Kier alpha value is -3.26. The maximum atomic E-state index is 16.8. The van der Waals surface area contributed by atoms with Gasteiger partial charge in [-0.25, -0.2) is 8.78 Å². The van der Waals surface area contributed by atoms with Crippen LogP contribution < -0.4 is 0 Å². The van der Waals surface area contributed by atoms with Crippen molar-refractivity contribution in [3.05, 3.63) is 71.9 Å². The Bertz CT molecular complexity index is 1830. The van der Waals surface area contributed by atoms with E-state index in [1.54, 1.807) is 39.8 Å². The second kappa shape index (κ2) is 12.6. The van der Waals surface area contributed by atoms with Crippen LogP contribution in [0, 0.1) is 45.3 Å². The normalized spacial score (nSPS) is 49.9. The topological polar surface area (TPSA) is 190 Å². The Labute approximate surface area is 325 Å². The van der Waals surface area contributed by atoms with Crippen molar-refractivity contribution in [3.63, 3.8) is 0 Å². The van der Waals surface area contributed by atoms with Crippen molar-refractivity contribution in [1.29, 1.82) is 0 Å². The molecule has 6 fully saturated rings. The molecule has 12 heteroatoms. The monoisotopic (exact) mass is 780 g/mol. The lowest BCUT2D eigenvalue weighted by Crippen LogP contribution is -2.69. The standard InChI is InChI=1S/2C22H27FO5/c2*1-12-8-16-15-5-4-13-9-14(25)6-7-19(13,2)21(15,23)17(26)10-20(16,3)22(12,28)18(27)11-24/h2*6-7,9,15-17,24,26,28H,1,4-5,8,10-11H2,2-3H3/t2*15-,16-,17-,19-,20-,21-,22-/m00/s1. The van der Waals surface area contributed by atoms with Gasteiger partial charge in [-0.3, -0.25) is 19.2 Å². The summed E-state index contributed by atoms with van der Waals surface area (Å²) in [5.74, 6) is -3.91. The Morgan fingerprint density at radius 2 is 1.02 bits per heavy atom. The molecule has 0 aromatic heterocycles. The first-order valence-electron chi connectivity index (χ1n) is 19.7. The fraction of sp³-hybridized carbons (Fsp3) is 0.636. The van der Waals surface area contributed by atoms with E-state index in [-0.39, 0.29) is 48.4 Å². The highest BCUT2D eigenvalue weighted by molar-refractivity contribution is 6.02. The quantitative estimate of drug-likeness (QED) is 0.230. The largest absolute Gasteiger partial charge is 0.390 e. The molecule has 0 spiro atoms. The molecule has 8 rings (SSSR count). The first kappa shape index (κ1) is 40.9. The van der Waals surface area contributed by atoms with E-state index in [9.17, 15) is 49.8 Å². The zero-order chi connectivity index (χ0) is 41.4. The summed E-state index contributed by atoms with van der Waals surface area (Å²) in [5.41, 5.74) is -10.6. The molecule has 8 aliphatic carbocycles. The Balaban J connectivity index is 0.000000172. The first-order chi connectivity index (χ1) is 25.9. The van der Waals surface area contributed by atoms with Gasteiger partial charge in [-0.05, 0) is 113 Å². The predicted molar refractivity (Wildman–Crippen MR) is 200 cm³/mol. The summed E-state index contributed by atoms with van der Waals surface area (Å²) in [5, 5.41) is 63.6. The molecule has 0 aromatic rings. The molecule has 6 saturated carbocycles. The summed E-state index contributed by atoms with van der Waals surface area (Å²) >= 11 is 0. The highest BCUT2D eigenvalue weighted by Crippen LogP contribution is 2.72. The van der Waals surface area contributed by atoms with Crippen molar-refractivity contribution in [1.82, 2.24) is 0 Å². The summed E-state index contributed by atoms with van der Waals surface area (Å²) in [7, 11) is 0. The van der Waals surface area contributed by atoms with Crippen molar-refractivity contribution in [2.45, 2.75) is 114 Å². The molecule has 0 radical (unpaired) electrons. The first-order valence-corrected chi connectivity index (χ1v) is 19.7. The minimum Gasteiger partial charge on any atom is -0.390 e. The lowest BCUT2D eigenvalue weighted by atomic mass is 9.44. The lowest BCUT2D eigenvalue weighted by molar-refractivity contribution is -0.215. The number of halogens is 2.